The van der Waals surface area contributed by atoms with Crippen LogP contribution in [-0.2, 0) is 13.6 Å². The van der Waals surface area contributed by atoms with Gasteiger partial charge in [-0.05, 0) is 25.2 Å². The normalized spacial score (nSPS) is 12.6. The number of aryl methyl sites for hydroxylation is 1. The lowest BCUT2D eigenvalue weighted by Gasteiger charge is -2.20. The van der Waals surface area contributed by atoms with E-state index in [1.807, 2.05) is 19.0 Å². The third-order valence-electron chi connectivity index (χ3n) is 3.06. The van der Waals surface area contributed by atoms with E-state index < -0.39 is 6.10 Å². The molecule has 0 radical (unpaired) electrons. The Hall–Kier alpha value is -1.34. The molecule has 1 aromatic carbocycles. The number of nitrogens with zero attached hydrogens (tertiary/aromatic N) is 4. The van der Waals surface area contributed by atoms with Crippen molar-refractivity contribution in [2.24, 2.45) is 7.05 Å². The summed E-state index contributed by atoms with van der Waals surface area (Å²) < 4.78 is 7.21. The quantitative estimate of drug-likeness (QED) is 0.832. The maximum absolute atomic E-state index is 10.0. The van der Waals surface area contributed by atoms with Gasteiger partial charge in [-0.2, -0.15) is 5.10 Å². The number of hydrogen-bond acceptors (Lipinski definition) is 5. The first-order chi connectivity index (χ1) is 10.5. The smallest absolute Gasteiger partial charge is 0.140 e. The Morgan fingerprint density at radius 1 is 1.41 bits per heavy atom. The van der Waals surface area contributed by atoms with Crippen molar-refractivity contribution in [3.05, 3.63) is 40.4 Å². The molecule has 8 heteroatoms. The van der Waals surface area contributed by atoms with Gasteiger partial charge < -0.3 is 9.84 Å². The molecule has 1 unspecified atom stereocenters. The van der Waals surface area contributed by atoms with Crippen molar-refractivity contribution in [3.63, 3.8) is 0 Å². The zero-order valence-electron chi connectivity index (χ0n) is 12.4. The minimum Gasteiger partial charge on any atom is -0.489 e. The van der Waals surface area contributed by atoms with E-state index in [-0.39, 0.29) is 6.61 Å². The Bertz CT molecular complexity index is 621. The molecule has 1 heterocycles. The summed E-state index contributed by atoms with van der Waals surface area (Å²) >= 11 is 11.8. The molecule has 0 amide bonds. The Labute approximate surface area is 139 Å². The monoisotopic (exact) mass is 344 g/mol. The molecule has 0 fully saturated rings. The topological polar surface area (TPSA) is 63.4 Å². The SMILES string of the molecule is CN(Cc1ncnn1C)CC(O)COc1ccc(Cl)cc1Cl. The number of aliphatic hydroxyl groups is 1. The van der Waals surface area contributed by atoms with Gasteiger partial charge in [-0.15, -0.1) is 0 Å². The van der Waals surface area contributed by atoms with Crippen molar-refractivity contribution < 1.29 is 9.84 Å². The predicted molar refractivity (Wildman–Crippen MR) is 85.3 cm³/mol. The van der Waals surface area contributed by atoms with Gasteiger partial charge >= 0.3 is 0 Å². The molecule has 22 heavy (non-hydrogen) atoms. The van der Waals surface area contributed by atoms with Gasteiger partial charge in [0.05, 0.1) is 11.6 Å². The van der Waals surface area contributed by atoms with E-state index in [0.29, 0.717) is 28.9 Å². The van der Waals surface area contributed by atoms with Crippen LogP contribution in [0.1, 0.15) is 5.82 Å². The van der Waals surface area contributed by atoms with Gasteiger partial charge in [0.1, 0.15) is 30.6 Å². The van der Waals surface area contributed by atoms with Crippen molar-refractivity contribution in [2.75, 3.05) is 20.2 Å². The molecule has 1 atom stereocenters. The van der Waals surface area contributed by atoms with Crippen molar-refractivity contribution in [3.8, 4) is 5.75 Å². The summed E-state index contributed by atoms with van der Waals surface area (Å²) in [5.74, 6) is 1.33. The minimum atomic E-state index is -0.648. The molecule has 0 aliphatic carbocycles. The molecule has 120 valence electrons. The van der Waals surface area contributed by atoms with E-state index in [1.165, 1.54) is 6.33 Å². The molecular formula is C14H18Cl2N4O2. The van der Waals surface area contributed by atoms with Crippen LogP contribution in [0.15, 0.2) is 24.5 Å². The lowest BCUT2D eigenvalue weighted by molar-refractivity contribution is 0.0734. The van der Waals surface area contributed by atoms with E-state index in [2.05, 4.69) is 10.1 Å². The summed E-state index contributed by atoms with van der Waals surface area (Å²) in [5.41, 5.74) is 0. The van der Waals surface area contributed by atoms with Crippen LogP contribution in [0.3, 0.4) is 0 Å². The lowest BCUT2D eigenvalue weighted by atomic mass is 10.3. The summed E-state index contributed by atoms with van der Waals surface area (Å²) in [7, 11) is 3.73. The largest absolute Gasteiger partial charge is 0.489 e. The van der Waals surface area contributed by atoms with Crippen molar-refractivity contribution in [1.82, 2.24) is 19.7 Å². The molecule has 6 nitrogen and oxygen atoms in total. The van der Waals surface area contributed by atoms with Crippen molar-refractivity contribution in [1.29, 1.82) is 0 Å². The molecule has 0 bridgehead atoms. The van der Waals surface area contributed by atoms with E-state index >= 15 is 0 Å². The van der Waals surface area contributed by atoms with E-state index in [4.69, 9.17) is 27.9 Å². The molecule has 0 aliphatic heterocycles. The van der Waals surface area contributed by atoms with Crippen LogP contribution in [-0.4, -0.2) is 51.1 Å². The van der Waals surface area contributed by atoms with Crippen LogP contribution >= 0.6 is 23.2 Å². The van der Waals surface area contributed by atoms with Gasteiger partial charge in [0, 0.05) is 18.6 Å². The zero-order chi connectivity index (χ0) is 16.1. The fraction of sp³-hybridized carbons (Fsp3) is 0.429. The van der Waals surface area contributed by atoms with Gasteiger partial charge in [0.2, 0.25) is 0 Å². The Kier molecular flexibility index (Phi) is 6.02. The molecule has 2 aromatic rings. The maximum Gasteiger partial charge on any atom is 0.140 e. The fourth-order valence-electron chi connectivity index (χ4n) is 1.96. The van der Waals surface area contributed by atoms with Crippen LogP contribution in [0, 0.1) is 0 Å². The van der Waals surface area contributed by atoms with Gasteiger partial charge in [0.25, 0.3) is 0 Å². The first kappa shape index (κ1) is 17.0. The van der Waals surface area contributed by atoms with Gasteiger partial charge in [-0.25, -0.2) is 4.98 Å². The second-order valence-corrected chi connectivity index (χ2v) is 5.88. The number of aliphatic hydroxyl groups excluding tert-OH is 1. The molecule has 2 rings (SSSR count). The van der Waals surface area contributed by atoms with E-state index in [1.54, 1.807) is 22.9 Å². The first-order valence-corrected chi connectivity index (χ1v) is 7.48. The Balaban J connectivity index is 1.80. The Morgan fingerprint density at radius 2 is 2.18 bits per heavy atom. The summed E-state index contributed by atoms with van der Waals surface area (Å²) in [6.45, 7) is 1.18. The molecule has 0 aliphatic rings. The molecule has 1 aromatic heterocycles. The summed E-state index contributed by atoms with van der Waals surface area (Å²) in [6, 6.07) is 4.97. The molecule has 1 N–H and O–H groups in total. The van der Waals surface area contributed by atoms with Crippen LogP contribution < -0.4 is 4.74 Å². The molecule has 0 saturated carbocycles. The highest BCUT2D eigenvalue weighted by atomic mass is 35.5. The third-order valence-corrected chi connectivity index (χ3v) is 3.59. The second-order valence-electron chi connectivity index (χ2n) is 5.04. The number of halogens is 2. The van der Waals surface area contributed by atoms with Gasteiger partial charge in [-0.3, -0.25) is 9.58 Å². The lowest BCUT2D eigenvalue weighted by Crippen LogP contribution is -2.33. The number of ether oxygens (including phenoxy) is 1. The van der Waals surface area contributed by atoms with Crippen LogP contribution in [0.5, 0.6) is 5.75 Å². The van der Waals surface area contributed by atoms with E-state index in [9.17, 15) is 5.11 Å². The van der Waals surface area contributed by atoms with Crippen LogP contribution in [0.25, 0.3) is 0 Å². The highest BCUT2D eigenvalue weighted by Gasteiger charge is 2.12. The predicted octanol–water partition coefficient (Wildman–Crippen LogP) is 1.99. The fourth-order valence-corrected chi connectivity index (χ4v) is 2.42. The van der Waals surface area contributed by atoms with Gasteiger partial charge in [0.15, 0.2) is 0 Å². The van der Waals surface area contributed by atoms with Crippen molar-refractivity contribution >= 4 is 23.2 Å². The highest BCUT2D eigenvalue weighted by Crippen LogP contribution is 2.27. The Morgan fingerprint density at radius 3 is 2.82 bits per heavy atom. The first-order valence-electron chi connectivity index (χ1n) is 6.73. The minimum absolute atomic E-state index is 0.143. The van der Waals surface area contributed by atoms with E-state index in [0.717, 1.165) is 5.82 Å². The average molecular weight is 345 g/mol. The van der Waals surface area contributed by atoms with Crippen molar-refractivity contribution in [2.45, 2.75) is 12.6 Å². The molecular weight excluding hydrogens is 327 g/mol. The second kappa shape index (κ2) is 7.78. The zero-order valence-corrected chi connectivity index (χ0v) is 13.9. The van der Waals surface area contributed by atoms with Crippen LogP contribution in [0.4, 0.5) is 0 Å². The highest BCUT2D eigenvalue weighted by molar-refractivity contribution is 6.35. The molecule has 0 spiro atoms. The number of likely N-dealkylation sites (N-methyl/N-ethyl adjacent to an activating group) is 1. The maximum atomic E-state index is 10.0. The summed E-state index contributed by atoms with van der Waals surface area (Å²) in [5, 5.41) is 15.0. The number of rotatable bonds is 7. The summed E-state index contributed by atoms with van der Waals surface area (Å²) in [6.07, 6.45) is 0.857. The molecule has 0 saturated heterocycles. The standard InChI is InChI=1S/C14H18Cl2N4O2/c1-19(7-14-17-9-18-20(14)2)6-11(21)8-22-13-4-3-10(15)5-12(13)16/h3-5,9,11,21H,6-8H2,1-2H3. The van der Waals surface area contributed by atoms with Crippen LogP contribution in [0.2, 0.25) is 10.0 Å². The number of benzene rings is 1. The number of hydrogen-bond donors (Lipinski definition) is 1. The van der Waals surface area contributed by atoms with Gasteiger partial charge in [-0.1, -0.05) is 23.2 Å². The third kappa shape index (κ3) is 4.84. The summed E-state index contributed by atoms with van der Waals surface area (Å²) in [4.78, 5) is 6.09. The average Bonchev–Trinajstić information content (AvgIpc) is 2.83. The number of aromatic nitrogens is 3.